The SMILES string of the molecule is CC1(C)c2ccccc2-c2ccc(N(c3ccccc3)c3cccc4c3-c3c(N(c5ccccc5)c5ccc(-c6ccccc6)cc5)cccc3C43c4ccccc4-c4c3ccc3c4oc4ccccc43)cc21. The highest BCUT2D eigenvalue weighted by Crippen LogP contribution is 2.68. The molecule has 73 heavy (non-hydrogen) atoms. The number of nitrogens with zero attached hydrogens (tertiary/aromatic N) is 2. The van der Waals surface area contributed by atoms with Crippen LogP contribution in [0.2, 0.25) is 0 Å². The number of hydrogen-bond donors (Lipinski definition) is 0. The summed E-state index contributed by atoms with van der Waals surface area (Å²) in [4.78, 5) is 4.99. The molecule has 0 amide bonds. The Bertz CT molecular complexity index is 4170. The Morgan fingerprint density at radius 3 is 1.49 bits per heavy atom. The average Bonchev–Trinajstić information content (AvgIpc) is 4.27. The van der Waals surface area contributed by atoms with Crippen LogP contribution in [0.1, 0.15) is 47.2 Å². The molecule has 1 spiro atoms. The van der Waals surface area contributed by atoms with Crippen molar-refractivity contribution in [3.8, 4) is 44.5 Å². The zero-order valence-electron chi connectivity index (χ0n) is 40.6. The van der Waals surface area contributed by atoms with E-state index < -0.39 is 5.41 Å². The van der Waals surface area contributed by atoms with E-state index in [1.807, 2.05) is 0 Å². The first kappa shape index (κ1) is 41.6. The number of furan rings is 1. The van der Waals surface area contributed by atoms with Crippen LogP contribution in [0.3, 0.4) is 0 Å². The molecule has 1 atom stereocenters. The Kier molecular flexibility index (Phi) is 8.92. The monoisotopic (exact) mass is 932 g/mol. The molecule has 11 aromatic carbocycles. The number of anilines is 6. The van der Waals surface area contributed by atoms with Crippen LogP contribution in [0, 0.1) is 0 Å². The summed E-state index contributed by atoms with van der Waals surface area (Å²) < 4.78 is 6.99. The Hall–Kier alpha value is -9.18. The van der Waals surface area contributed by atoms with Crippen molar-refractivity contribution in [2.24, 2.45) is 0 Å². The third-order valence-electron chi connectivity index (χ3n) is 16.3. The van der Waals surface area contributed by atoms with Gasteiger partial charge in [-0.25, -0.2) is 0 Å². The highest BCUT2D eigenvalue weighted by atomic mass is 16.3. The quantitative estimate of drug-likeness (QED) is 0.159. The average molecular weight is 933 g/mol. The standard InChI is InChI=1S/C70H48N2O/c1-69(2)56-29-15-12-26-51(56)52-41-40-50(44-61(52)69)72(48-24-10-5-11-25-48)63-34-19-32-59-67(63)66-58(70(59)57-30-16-13-28-55(57)65-60(70)43-42-54-53-27-14-17-35-64(53)73-68(54)65)31-18-33-62(66)71(47-22-8-4-9-23-47)49-38-36-46(37-39-49)45-20-6-3-7-21-45/h3-44H,1-2H3. The minimum atomic E-state index is -0.695. The van der Waals surface area contributed by atoms with Crippen molar-refractivity contribution in [3.63, 3.8) is 0 Å². The van der Waals surface area contributed by atoms with E-state index in [-0.39, 0.29) is 5.41 Å². The van der Waals surface area contributed by atoms with Crippen molar-refractivity contribution in [1.82, 2.24) is 0 Å². The Balaban J connectivity index is 1.05. The summed E-state index contributed by atoms with van der Waals surface area (Å²) in [5.41, 5.74) is 25.0. The smallest absolute Gasteiger partial charge is 0.143 e. The predicted octanol–water partition coefficient (Wildman–Crippen LogP) is 18.8. The fraction of sp³-hybridized carbons (Fsp3) is 0.0571. The lowest BCUT2D eigenvalue weighted by Crippen LogP contribution is -2.26. The lowest BCUT2D eigenvalue weighted by molar-refractivity contribution is 0.660. The van der Waals surface area contributed by atoms with E-state index in [0.29, 0.717) is 0 Å². The summed E-state index contributed by atoms with van der Waals surface area (Å²) in [6, 6.07) is 94.0. The molecule has 0 bridgehead atoms. The van der Waals surface area contributed by atoms with Gasteiger partial charge in [-0.2, -0.15) is 0 Å². The van der Waals surface area contributed by atoms with Gasteiger partial charge in [0.05, 0.1) is 16.8 Å². The molecule has 1 heterocycles. The van der Waals surface area contributed by atoms with Gasteiger partial charge in [0.2, 0.25) is 0 Å². The van der Waals surface area contributed by atoms with E-state index in [0.717, 1.165) is 61.6 Å². The van der Waals surface area contributed by atoms with E-state index in [9.17, 15) is 0 Å². The highest BCUT2D eigenvalue weighted by Gasteiger charge is 2.54. The molecule has 344 valence electrons. The summed E-state index contributed by atoms with van der Waals surface area (Å²) >= 11 is 0. The first-order valence-corrected chi connectivity index (χ1v) is 25.4. The first-order chi connectivity index (χ1) is 36.0. The Morgan fingerprint density at radius 2 is 0.808 bits per heavy atom. The molecule has 1 aromatic heterocycles. The maximum absolute atomic E-state index is 6.99. The molecule has 1 unspecified atom stereocenters. The van der Waals surface area contributed by atoms with E-state index in [2.05, 4.69) is 278 Å². The van der Waals surface area contributed by atoms with Gasteiger partial charge in [0, 0.05) is 55.6 Å². The second-order valence-electron chi connectivity index (χ2n) is 20.3. The summed E-state index contributed by atoms with van der Waals surface area (Å²) in [5.74, 6) is 0. The Morgan fingerprint density at radius 1 is 0.315 bits per heavy atom. The van der Waals surface area contributed by atoms with Crippen LogP contribution in [-0.2, 0) is 10.8 Å². The number of hydrogen-bond acceptors (Lipinski definition) is 3. The number of fused-ring (bicyclic) bond motifs is 17. The van der Waals surface area contributed by atoms with Gasteiger partial charge in [0.25, 0.3) is 0 Å². The Labute approximate surface area is 425 Å². The van der Waals surface area contributed by atoms with Crippen LogP contribution in [-0.4, -0.2) is 0 Å². The van der Waals surface area contributed by atoms with Crippen molar-refractivity contribution in [2.75, 3.05) is 9.80 Å². The van der Waals surface area contributed by atoms with Gasteiger partial charge in [-0.1, -0.05) is 202 Å². The second kappa shape index (κ2) is 15.7. The number of rotatable bonds is 7. The molecule has 0 aliphatic heterocycles. The van der Waals surface area contributed by atoms with Crippen molar-refractivity contribution in [3.05, 3.63) is 288 Å². The number of para-hydroxylation sites is 3. The van der Waals surface area contributed by atoms with E-state index in [1.54, 1.807) is 0 Å². The maximum Gasteiger partial charge on any atom is 0.143 e. The van der Waals surface area contributed by atoms with Crippen molar-refractivity contribution in [2.45, 2.75) is 24.7 Å². The zero-order chi connectivity index (χ0) is 48.4. The van der Waals surface area contributed by atoms with Crippen molar-refractivity contribution < 1.29 is 4.42 Å². The van der Waals surface area contributed by atoms with Gasteiger partial charge >= 0.3 is 0 Å². The third-order valence-corrected chi connectivity index (χ3v) is 16.3. The summed E-state index contributed by atoms with van der Waals surface area (Å²) in [6.45, 7) is 4.75. The largest absolute Gasteiger partial charge is 0.455 e. The fourth-order valence-corrected chi connectivity index (χ4v) is 13.1. The van der Waals surface area contributed by atoms with Crippen LogP contribution < -0.4 is 9.80 Å². The molecular formula is C70H48N2O. The van der Waals surface area contributed by atoms with Crippen LogP contribution in [0.4, 0.5) is 34.1 Å². The van der Waals surface area contributed by atoms with Gasteiger partial charge in [0.1, 0.15) is 11.2 Å². The minimum Gasteiger partial charge on any atom is -0.455 e. The third kappa shape index (κ3) is 5.82. The molecular weight excluding hydrogens is 885 g/mol. The molecule has 0 radical (unpaired) electrons. The van der Waals surface area contributed by atoms with Crippen LogP contribution >= 0.6 is 0 Å². The molecule has 3 aliphatic carbocycles. The topological polar surface area (TPSA) is 19.6 Å². The first-order valence-electron chi connectivity index (χ1n) is 25.4. The summed E-state index contributed by atoms with van der Waals surface area (Å²) in [6.07, 6.45) is 0. The van der Waals surface area contributed by atoms with Gasteiger partial charge in [0.15, 0.2) is 0 Å². The molecule has 3 nitrogen and oxygen atoms in total. The van der Waals surface area contributed by atoms with Crippen molar-refractivity contribution in [1.29, 1.82) is 0 Å². The molecule has 12 aromatic rings. The minimum absolute atomic E-state index is 0.182. The number of benzene rings is 11. The molecule has 0 saturated carbocycles. The van der Waals surface area contributed by atoms with Crippen molar-refractivity contribution >= 4 is 56.1 Å². The molecule has 3 aliphatic rings. The molecule has 0 saturated heterocycles. The van der Waals surface area contributed by atoms with Gasteiger partial charge in [-0.15, -0.1) is 0 Å². The molecule has 0 fully saturated rings. The van der Waals surface area contributed by atoms with E-state index in [4.69, 9.17) is 4.42 Å². The molecule has 0 N–H and O–H groups in total. The predicted molar refractivity (Wildman–Crippen MR) is 302 cm³/mol. The van der Waals surface area contributed by atoms with Gasteiger partial charge in [-0.3, -0.25) is 0 Å². The second-order valence-corrected chi connectivity index (χ2v) is 20.3. The highest BCUT2D eigenvalue weighted by molar-refractivity contribution is 6.14. The van der Waals surface area contributed by atoms with E-state index in [1.165, 1.54) is 72.3 Å². The lowest BCUT2D eigenvalue weighted by atomic mass is 9.70. The fourth-order valence-electron chi connectivity index (χ4n) is 13.1. The van der Waals surface area contributed by atoms with Crippen LogP contribution in [0.25, 0.3) is 66.4 Å². The lowest BCUT2D eigenvalue weighted by Gasteiger charge is -2.32. The van der Waals surface area contributed by atoms with E-state index >= 15 is 0 Å². The van der Waals surface area contributed by atoms with Gasteiger partial charge in [-0.05, 0) is 128 Å². The molecule has 15 rings (SSSR count). The maximum atomic E-state index is 6.99. The normalized spacial score (nSPS) is 15.2. The zero-order valence-corrected chi connectivity index (χ0v) is 40.6. The molecule has 3 heteroatoms. The van der Waals surface area contributed by atoms with Crippen LogP contribution in [0.15, 0.2) is 259 Å². The van der Waals surface area contributed by atoms with Crippen LogP contribution in [0.5, 0.6) is 0 Å². The summed E-state index contributed by atoms with van der Waals surface area (Å²) in [7, 11) is 0. The van der Waals surface area contributed by atoms with Gasteiger partial charge < -0.3 is 14.2 Å². The summed E-state index contributed by atoms with van der Waals surface area (Å²) in [5, 5.41) is 2.26.